The minimum absolute atomic E-state index is 0.307. The molecule has 6 heteroatoms. The number of anilines is 1. The fourth-order valence-electron chi connectivity index (χ4n) is 3.02. The maximum Gasteiger partial charge on any atom is 0.332 e. The SMILES string of the molecule is CCC(Cc1ccc(Cl)cc1)(C(=O)O)n1ncc2c(N)cccc21. The summed E-state index contributed by atoms with van der Waals surface area (Å²) in [5, 5.41) is 15.8. The molecule has 1 heterocycles. The zero-order valence-corrected chi connectivity index (χ0v) is 14.0. The lowest BCUT2D eigenvalue weighted by Crippen LogP contribution is -2.44. The number of benzene rings is 2. The highest BCUT2D eigenvalue weighted by Gasteiger charge is 2.41. The molecule has 0 saturated heterocycles. The predicted octanol–water partition coefficient (Wildman–Crippen LogP) is 3.70. The van der Waals surface area contributed by atoms with Crippen LogP contribution in [0.5, 0.6) is 0 Å². The lowest BCUT2D eigenvalue weighted by Gasteiger charge is -2.29. The Morgan fingerprint density at radius 1 is 1.29 bits per heavy atom. The van der Waals surface area contributed by atoms with Crippen LogP contribution in [0.4, 0.5) is 5.69 Å². The number of carbonyl (C=O) groups is 1. The van der Waals surface area contributed by atoms with E-state index in [0.29, 0.717) is 29.1 Å². The zero-order valence-electron chi connectivity index (χ0n) is 13.2. The van der Waals surface area contributed by atoms with E-state index >= 15 is 0 Å². The second kappa shape index (κ2) is 6.17. The van der Waals surface area contributed by atoms with Crippen LogP contribution >= 0.6 is 11.6 Å². The van der Waals surface area contributed by atoms with E-state index in [4.69, 9.17) is 17.3 Å². The third-order valence-corrected chi connectivity index (χ3v) is 4.70. The van der Waals surface area contributed by atoms with Gasteiger partial charge in [-0.25, -0.2) is 9.48 Å². The number of rotatable bonds is 5. The first-order chi connectivity index (χ1) is 11.5. The van der Waals surface area contributed by atoms with Crippen LogP contribution in [-0.2, 0) is 16.8 Å². The highest BCUT2D eigenvalue weighted by atomic mass is 35.5. The molecule has 0 aliphatic heterocycles. The van der Waals surface area contributed by atoms with Gasteiger partial charge in [0.15, 0.2) is 5.54 Å². The summed E-state index contributed by atoms with van der Waals surface area (Å²) in [5.41, 5.74) is 6.98. The van der Waals surface area contributed by atoms with Gasteiger partial charge in [0.1, 0.15) is 0 Å². The van der Waals surface area contributed by atoms with Crippen molar-refractivity contribution >= 4 is 34.2 Å². The van der Waals surface area contributed by atoms with Crippen molar-refractivity contribution in [1.82, 2.24) is 9.78 Å². The van der Waals surface area contributed by atoms with E-state index in [-0.39, 0.29) is 0 Å². The monoisotopic (exact) mass is 343 g/mol. The minimum Gasteiger partial charge on any atom is -0.479 e. The van der Waals surface area contributed by atoms with Gasteiger partial charge in [0.25, 0.3) is 0 Å². The molecule has 0 saturated carbocycles. The summed E-state index contributed by atoms with van der Waals surface area (Å²) in [5.74, 6) is -0.924. The maximum absolute atomic E-state index is 12.2. The predicted molar refractivity (Wildman–Crippen MR) is 95.2 cm³/mol. The smallest absolute Gasteiger partial charge is 0.332 e. The Labute approximate surface area is 144 Å². The van der Waals surface area contributed by atoms with E-state index in [2.05, 4.69) is 5.10 Å². The van der Waals surface area contributed by atoms with Crippen LogP contribution in [0.2, 0.25) is 5.02 Å². The second-order valence-corrected chi connectivity index (χ2v) is 6.27. The Morgan fingerprint density at radius 2 is 2.00 bits per heavy atom. The Balaban J connectivity index is 2.16. The summed E-state index contributed by atoms with van der Waals surface area (Å²) in [7, 11) is 0. The van der Waals surface area contributed by atoms with Crippen LogP contribution < -0.4 is 5.73 Å². The molecule has 1 atom stereocenters. The second-order valence-electron chi connectivity index (χ2n) is 5.83. The molecule has 2 aromatic carbocycles. The summed E-state index contributed by atoms with van der Waals surface area (Å²) in [6, 6.07) is 12.6. The number of carboxylic acids is 1. The minimum atomic E-state index is -1.19. The largest absolute Gasteiger partial charge is 0.479 e. The van der Waals surface area contributed by atoms with Crippen molar-refractivity contribution < 1.29 is 9.90 Å². The lowest BCUT2D eigenvalue weighted by atomic mass is 9.88. The molecule has 0 radical (unpaired) electrons. The van der Waals surface area contributed by atoms with E-state index in [9.17, 15) is 9.90 Å². The number of nitrogen functional groups attached to an aromatic ring is 1. The molecular weight excluding hydrogens is 326 g/mol. The molecule has 1 unspecified atom stereocenters. The van der Waals surface area contributed by atoms with E-state index in [1.807, 2.05) is 25.1 Å². The van der Waals surface area contributed by atoms with Gasteiger partial charge in [0.05, 0.1) is 11.7 Å². The van der Waals surface area contributed by atoms with Crippen molar-refractivity contribution in [3.05, 3.63) is 59.2 Å². The molecule has 3 aromatic rings. The Kier molecular flexibility index (Phi) is 4.20. The summed E-state index contributed by atoms with van der Waals surface area (Å²) in [6.07, 6.45) is 2.32. The molecule has 124 valence electrons. The topological polar surface area (TPSA) is 81.1 Å². The summed E-state index contributed by atoms with van der Waals surface area (Å²) >= 11 is 5.93. The van der Waals surface area contributed by atoms with Gasteiger partial charge >= 0.3 is 5.97 Å². The fourth-order valence-corrected chi connectivity index (χ4v) is 3.15. The average Bonchev–Trinajstić information content (AvgIpc) is 3.00. The van der Waals surface area contributed by atoms with Crippen LogP contribution in [0.3, 0.4) is 0 Å². The molecule has 24 heavy (non-hydrogen) atoms. The van der Waals surface area contributed by atoms with Crippen LogP contribution in [-0.4, -0.2) is 20.9 Å². The van der Waals surface area contributed by atoms with Crippen LogP contribution in [0.15, 0.2) is 48.7 Å². The molecule has 3 rings (SSSR count). The van der Waals surface area contributed by atoms with Gasteiger partial charge in [0, 0.05) is 22.5 Å². The summed E-state index contributed by atoms with van der Waals surface area (Å²) in [6.45, 7) is 1.85. The number of aromatic nitrogens is 2. The number of nitrogens with zero attached hydrogens (tertiary/aromatic N) is 2. The summed E-state index contributed by atoms with van der Waals surface area (Å²) < 4.78 is 1.58. The first-order valence-electron chi connectivity index (χ1n) is 7.68. The number of halogens is 1. The molecule has 0 bridgehead atoms. The third kappa shape index (κ3) is 2.61. The normalized spacial score (nSPS) is 13.8. The van der Waals surface area contributed by atoms with Gasteiger partial charge in [-0.1, -0.05) is 36.7 Å². The van der Waals surface area contributed by atoms with Crippen molar-refractivity contribution in [2.24, 2.45) is 0 Å². The highest BCUT2D eigenvalue weighted by molar-refractivity contribution is 6.30. The van der Waals surface area contributed by atoms with Crippen LogP contribution in [0.1, 0.15) is 18.9 Å². The molecule has 0 amide bonds. The quantitative estimate of drug-likeness (QED) is 0.692. The van der Waals surface area contributed by atoms with Crippen molar-refractivity contribution in [3.63, 3.8) is 0 Å². The van der Waals surface area contributed by atoms with E-state index in [1.54, 1.807) is 35.1 Å². The van der Waals surface area contributed by atoms with Gasteiger partial charge in [-0.05, 0) is 36.2 Å². The molecular formula is C18H18ClN3O2. The number of carboxylic acid groups (broad SMARTS) is 1. The van der Waals surface area contributed by atoms with Gasteiger partial charge in [-0.15, -0.1) is 0 Å². The number of hydrogen-bond donors (Lipinski definition) is 2. The molecule has 5 nitrogen and oxygen atoms in total. The van der Waals surface area contributed by atoms with Crippen molar-refractivity contribution in [2.45, 2.75) is 25.3 Å². The standard InChI is InChI=1S/C18H18ClN3O2/c1-2-18(17(23)24,10-12-6-8-13(19)9-7-12)22-16-5-3-4-15(20)14(16)11-21-22/h3-9,11H,2,10,20H2,1H3,(H,23,24). The lowest BCUT2D eigenvalue weighted by molar-refractivity contribution is -0.148. The first-order valence-corrected chi connectivity index (χ1v) is 8.06. The van der Waals surface area contributed by atoms with Crippen LogP contribution in [0.25, 0.3) is 10.9 Å². The molecule has 0 spiro atoms. The number of fused-ring (bicyclic) bond motifs is 1. The van der Waals surface area contributed by atoms with Gasteiger partial charge in [0.2, 0.25) is 0 Å². The van der Waals surface area contributed by atoms with Crippen molar-refractivity contribution in [2.75, 3.05) is 5.73 Å². The molecule has 1 aromatic heterocycles. The number of aliphatic carboxylic acids is 1. The molecule has 3 N–H and O–H groups in total. The maximum atomic E-state index is 12.2. The third-order valence-electron chi connectivity index (χ3n) is 4.45. The first kappa shape index (κ1) is 16.3. The summed E-state index contributed by atoms with van der Waals surface area (Å²) in [4.78, 5) is 12.2. The van der Waals surface area contributed by atoms with Crippen molar-refractivity contribution in [1.29, 1.82) is 0 Å². The van der Waals surface area contributed by atoms with Gasteiger partial charge in [-0.2, -0.15) is 5.10 Å². The average molecular weight is 344 g/mol. The number of hydrogen-bond acceptors (Lipinski definition) is 3. The van der Waals surface area contributed by atoms with Gasteiger partial charge < -0.3 is 10.8 Å². The van der Waals surface area contributed by atoms with E-state index in [0.717, 1.165) is 10.9 Å². The van der Waals surface area contributed by atoms with E-state index in [1.165, 1.54) is 0 Å². The van der Waals surface area contributed by atoms with Gasteiger partial charge in [-0.3, -0.25) is 0 Å². The Morgan fingerprint density at radius 3 is 2.62 bits per heavy atom. The van der Waals surface area contributed by atoms with Crippen molar-refractivity contribution in [3.8, 4) is 0 Å². The Bertz CT molecular complexity index is 889. The molecule has 0 aliphatic rings. The van der Waals surface area contributed by atoms with E-state index < -0.39 is 11.5 Å². The molecule has 0 aliphatic carbocycles. The highest BCUT2D eigenvalue weighted by Crippen LogP contribution is 2.32. The fraction of sp³-hybridized carbons (Fsp3) is 0.222. The molecule has 0 fully saturated rings. The van der Waals surface area contributed by atoms with Crippen LogP contribution in [0, 0.1) is 0 Å². The Hall–Kier alpha value is -2.53. The number of nitrogens with two attached hydrogens (primary N) is 1. The zero-order chi connectivity index (χ0) is 17.3.